The maximum atomic E-state index is 13.3. The van der Waals surface area contributed by atoms with Gasteiger partial charge in [-0.1, -0.05) is 23.7 Å². The molecule has 0 spiro atoms. The van der Waals surface area contributed by atoms with E-state index < -0.39 is 30.2 Å². The molecule has 1 N–H and O–H groups in total. The number of alkyl halides is 3. The number of halogens is 6. The number of pyridine rings is 1. The number of hydrogen-bond acceptors (Lipinski definition) is 6. The lowest BCUT2D eigenvalue weighted by Crippen LogP contribution is -2.23. The van der Waals surface area contributed by atoms with Crippen molar-refractivity contribution in [1.29, 1.82) is 0 Å². The minimum atomic E-state index is -4.57. The van der Waals surface area contributed by atoms with Crippen LogP contribution in [-0.4, -0.2) is 30.3 Å². The maximum absolute atomic E-state index is 13.3. The van der Waals surface area contributed by atoms with Crippen LogP contribution in [-0.2, 0) is 13.1 Å². The summed E-state index contributed by atoms with van der Waals surface area (Å²) < 4.78 is 73.6. The van der Waals surface area contributed by atoms with Gasteiger partial charge in [-0.25, -0.2) is 4.98 Å². The number of hydrogen-bond donors (Lipinski definition) is 1. The Kier molecular flexibility index (Phi) is 6.91. The zero-order valence-electron chi connectivity index (χ0n) is 19.6. The van der Waals surface area contributed by atoms with Crippen LogP contribution < -0.4 is 15.6 Å². The summed E-state index contributed by atoms with van der Waals surface area (Å²) in [4.78, 5) is 23.9. The minimum Gasteiger partial charge on any atom is -0.457 e. The van der Waals surface area contributed by atoms with Crippen molar-refractivity contribution in [2.24, 2.45) is 0 Å². The molecular formula is C25H16ClF5N6O2. The number of anilines is 2. The number of fused-ring (bicyclic) bond motifs is 1. The van der Waals surface area contributed by atoms with Crippen LogP contribution in [0.25, 0.3) is 11.2 Å². The molecular weight excluding hydrogens is 547 g/mol. The first-order valence-corrected chi connectivity index (χ1v) is 11.6. The van der Waals surface area contributed by atoms with Gasteiger partial charge in [-0.15, -0.1) is 0 Å². The molecule has 0 unspecified atom stereocenters. The Morgan fingerprint density at radius 2 is 1.59 bits per heavy atom. The molecule has 39 heavy (non-hydrogen) atoms. The summed E-state index contributed by atoms with van der Waals surface area (Å²) in [5, 5.41) is 3.47. The van der Waals surface area contributed by atoms with Crippen LogP contribution in [0.5, 0.6) is 11.5 Å². The molecule has 0 aliphatic carbocycles. The molecule has 0 aliphatic heterocycles. The van der Waals surface area contributed by atoms with E-state index in [-0.39, 0.29) is 35.2 Å². The number of aromatic nitrogens is 5. The number of nitrogens with one attached hydrogen (secondary N) is 1. The fourth-order valence-electron chi connectivity index (χ4n) is 3.80. The topological polar surface area (TPSA) is 86.9 Å². The molecule has 0 bridgehead atoms. The van der Waals surface area contributed by atoms with Crippen molar-refractivity contribution < 1.29 is 26.7 Å². The monoisotopic (exact) mass is 562 g/mol. The van der Waals surface area contributed by atoms with Gasteiger partial charge in [-0.3, -0.25) is 9.36 Å². The van der Waals surface area contributed by atoms with E-state index in [0.717, 1.165) is 24.0 Å². The van der Waals surface area contributed by atoms with Crippen LogP contribution in [0.2, 0.25) is 5.02 Å². The average molecular weight is 563 g/mol. The zero-order valence-corrected chi connectivity index (χ0v) is 20.3. The van der Waals surface area contributed by atoms with Crippen molar-refractivity contribution in [1.82, 2.24) is 24.1 Å². The lowest BCUT2D eigenvalue weighted by Gasteiger charge is -2.16. The molecule has 0 radical (unpaired) electrons. The van der Waals surface area contributed by atoms with E-state index in [1.807, 2.05) is 0 Å². The summed E-state index contributed by atoms with van der Waals surface area (Å²) in [5.74, 6) is -1.91. The van der Waals surface area contributed by atoms with Crippen LogP contribution in [0.15, 0.2) is 71.8 Å². The first kappa shape index (κ1) is 26.1. The van der Waals surface area contributed by atoms with Gasteiger partial charge in [0.1, 0.15) is 18.0 Å². The highest BCUT2D eigenvalue weighted by Gasteiger charge is 2.30. The molecule has 200 valence electrons. The third-order valence-electron chi connectivity index (χ3n) is 5.43. The van der Waals surface area contributed by atoms with E-state index in [1.165, 1.54) is 16.7 Å². The van der Waals surface area contributed by atoms with Gasteiger partial charge in [0.05, 0.1) is 12.9 Å². The first-order chi connectivity index (χ1) is 18.5. The second-order valence-electron chi connectivity index (χ2n) is 8.31. The van der Waals surface area contributed by atoms with E-state index in [9.17, 15) is 26.7 Å². The Morgan fingerprint density at radius 3 is 2.23 bits per heavy atom. The van der Waals surface area contributed by atoms with Crippen molar-refractivity contribution in [2.45, 2.75) is 19.3 Å². The van der Waals surface area contributed by atoms with Gasteiger partial charge in [-0.2, -0.15) is 31.9 Å². The third-order valence-corrected chi connectivity index (χ3v) is 5.68. The largest absolute Gasteiger partial charge is 0.457 e. The van der Waals surface area contributed by atoms with Gasteiger partial charge in [0.2, 0.25) is 17.8 Å². The summed E-state index contributed by atoms with van der Waals surface area (Å²) in [6, 6.07) is 14.7. The van der Waals surface area contributed by atoms with Crippen molar-refractivity contribution in [3.05, 3.63) is 99.8 Å². The molecule has 2 aromatic carbocycles. The third kappa shape index (κ3) is 6.14. The van der Waals surface area contributed by atoms with E-state index in [1.54, 1.807) is 36.4 Å². The van der Waals surface area contributed by atoms with Crippen molar-refractivity contribution >= 4 is 34.4 Å². The summed E-state index contributed by atoms with van der Waals surface area (Å²) in [6.07, 6.45) is -3.63. The number of rotatable bonds is 7. The number of benzene rings is 2. The summed E-state index contributed by atoms with van der Waals surface area (Å²) in [7, 11) is 0. The van der Waals surface area contributed by atoms with Gasteiger partial charge in [0, 0.05) is 22.8 Å². The van der Waals surface area contributed by atoms with E-state index >= 15 is 0 Å². The van der Waals surface area contributed by atoms with Gasteiger partial charge in [-0.05, 0) is 42.0 Å². The Hall–Kier alpha value is -4.52. The highest BCUT2D eigenvalue weighted by atomic mass is 35.5. The normalized spacial score (nSPS) is 11.6. The lowest BCUT2D eigenvalue weighted by molar-refractivity contribution is -0.140. The van der Waals surface area contributed by atoms with E-state index in [2.05, 4.69) is 20.3 Å². The molecule has 3 aromatic heterocycles. The Morgan fingerprint density at radius 1 is 0.923 bits per heavy atom. The van der Waals surface area contributed by atoms with Gasteiger partial charge in [0.15, 0.2) is 11.2 Å². The van der Waals surface area contributed by atoms with Crippen molar-refractivity contribution in [3.63, 3.8) is 0 Å². The zero-order chi connectivity index (χ0) is 27.7. The van der Waals surface area contributed by atoms with E-state index in [4.69, 9.17) is 16.3 Å². The number of nitrogens with zero attached hydrogens (tertiary/aromatic N) is 5. The first-order valence-electron chi connectivity index (χ1n) is 11.2. The van der Waals surface area contributed by atoms with Crippen LogP contribution in [0.4, 0.5) is 33.6 Å². The highest BCUT2D eigenvalue weighted by molar-refractivity contribution is 6.30. The van der Waals surface area contributed by atoms with Crippen LogP contribution >= 0.6 is 11.6 Å². The standard InChI is InChI=1S/C25H16ClF5N6O2/c26-15-3-1-14(2-4-15)11-37-22-21(36(13-32-22)12-25(29,30)31)23(38)35-24(37)33-16-5-7-17(8-6-16)39-18-9-19(27)34-20(28)10-18/h1-10,13H,11-12H2,(H,33,35,38). The van der Waals surface area contributed by atoms with E-state index in [0.29, 0.717) is 15.3 Å². The molecule has 0 fully saturated rings. The Balaban J connectivity index is 1.49. The number of imidazole rings is 1. The molecule has 0 saturated carbocycles. The maximum Gasteiger partial charge on any atom is 0.406 e. The second-order valence-corrected chi connectivity index (χ2v) is 8.75. The molecule has 0 saturated heterocycles. The minimum absolute atomic E-state index is 0.00149. The van der Waals surface area contributed by atoms with Crippen molar-refractivity contribution in [2.75, 3.05) is 5.32 Å². The highest BCUT2D eigenvalue weighted by Crippen LogP contribution is 2.27. The smallest absolute Gasteiger partial charge is 0.406 e. The molecule has 0 aliphatic rings. The van der Waals surface area contributed by atoms with Crippen LogP contribution in [0, 0.1) is 11.9 Å². The molecule has 8 nitrogen and oxygen atoms in total. The molecule has 14 heteroatoms. The predicted molar refractivity (Wildman–Crippen MR) is 132 cm³/mol. The molecule has 3 heterocycles. The summed E-state index contributed by atoms with van der Waals surface area (Å²) in [5.41, 5.74) is -0.0468. The molecule has 0 atom stereocenters. The quantitative estimate of drug-likeness (QED) is 0.191. The fourth-order valence-corrected chi connectivity index (χ4v) is 3.93. The summed E-state index contributed by atoms with van der Waals surface area (Å²) in [6.45, 7) is -1.30. The van der Waals surface area contributed by atoms with Gasteiger partial charge < -0.3 is 14.6 Å². The average Bonchev–Trinajstić information content (AvgIpc) is 3.26. The Labute approximate surface area is 221 Å². The van der Waals surface area contributed by atoms with Gasteiger partial charge >= 0.3 is 11.7 Å². The van der Waals surface area contributed by atoms with Crippen LogP contribution in [0.3, 0.4) is 0 Å². The predicted octanol–water partition coefficient (Wildman–Crippen LogP) is 6.07. The molecule has 0 amide bonds. The van der Waals surface area contributed by atoms with Crippen LogP contribution in [0.1, 0.15) is 5.56 Å². The molecule has 5 rings (SSSR count). The fraction of sp³-hybridized carbons (Fsp3) is 0.120. The Bertz CT molecular complexity index is 1680. The van der Waals surface area contributed by atoms with Crippen molar-refractivity contribution in [3.8, 4) is 11.5 Å². The SMILES string of the molecule is O=c1nc(Nc2ccc(Oc3cc(F)nc(F)c3)cc2)n(Cc2ccc(Cl)cc2)c2ncn(CC(F)(F)F)c12. The second kappa shape index (κ2) is 10.3. The number of ether oxygens (including phenoxy) is 1. The molecule has 5 aromatic rings. The summed E-state index contributed by atoms with van der Waals surface area (Å²) >= 11 is 5.97. The lowest BCUT2D eigenvalue weighted by atomic mass is 10.2. The van der Waals surface area contributed by atoms with Gasteiger partial charge in [0.25, 0.3) is 0 Å².